The standard InChI is InChI=1S/C44H63N3O9/c1-43(2,3)56-37(51)24-31(28-14-10-8-11-15-28)41(53)47-26-35-32(25-44(4,5)55-35)39(47)34(49)23-30(22-27-18-19-27)40(52)33(48)20-21-36(50)45-38(42(54)46(6)7)29-16-12-9-13-17-29/h9,12-13,16-17,27-28,30-32,35,38-39H,8,10-11,14-15,18-26H2,1-7H3,(H,45,50)/t30-,31+,32+,35+,38+,39+/m1/s1. The van der Waals surface area contributed by atoms with E-state index < -0.39 is 58.6 Å². The van der Waals surface area contributed by atoms with Crippen LogP contribution >= 0.6 is 0 Å². The monoisotopic (exact) mass is 777 g/mol. The number of nitrogens with zero attached hydrogens (tertiary/aromatic N) is 2. The summed E-state index contributed by atoms with van der Waals surface area (Å²) in [7, 11) is 3.18. The van der Waals surface area contributed by atoms with Crippen LogP contribution in [-0.2, 0) is 43.0 Å². The van der Waals surface area contributed by atoms with Crippen LogP contribution in [0.5, 0.6) is 0 Å². The van der Waals surface area contributed by atoms with Crippen LogP contribution in [-0.4, -0.2) is 94.8 Å². The molecule has 1 aromatic rings. The topological polar surface area (TPSA) is 156 Å². The minimum Gasteiger partial charge on any atom is -0.460 e. The zero-order valence-corrected chi connectivity index (χ0v) is 34.5. The summed E-state index contributed by atoms with van der Waals surface area (Å²) in [5.41, 5.74) is -0.615. The average Bonchev–Trinajstić information content (AvgIpc) is 3.82. The first-order valence-corrected chi connectivity index (χ1v) is 20.7. The van der Waals surface area contributed by atoms with Crippen molar-refractivity contribution in [3.05, 3.63) is 35.9 Å². The molecule has 12 heteroatoms. The number of carbonyl (C=O) groups is 7. The van der Waals surface area contributed by atoms with Gasteiger partial charge in [-0.15, -0.1) is 0 Å². The molecule has 2 heterocycles. The molecule has 0 spiro atoms. The number of benzene rings is 1. The molecule has 5 rings (SSSR count). The van der Waals surface area contributed by atoms with Crippen molar-refractivity contribution >= 4 is 41.0 Å². The molecule has 0 aromatic heterocycles. The Morgan fingerprint density at radius 1 is 0.929 bits per heavy atom. The zero-order chi connectivity index (χ0) is 40.9. The predicted molar refractivity (Wildman–Crippen MR) is 209 cm³/mol. The van der Waals surface area contributed by atoms with Crippen molar-refractivity contribution in [2.45, 2.75) is 147 Å². The highest BCUT2D eigenvalue weighted by molar-refractivity contribution is 6.38. The Kier molecular flexibility index (Phi) is 14.0. The number of hydrogen-bond donors (Lipinski definition) is 1. The summed E-state index contributed by atoms with van der Waals surface area (Å²) in [6.07, 6.45) is 6.12. The number of rotatable bonds is 17. The van der Waals surface area contributed by atoms with Crippen molar-refractivity contribution in [3.63, 3.8) is 0 Å². The highest BCUT2D eigenvalue weighted by Gasteiger charge is 2.56. The minimum atomic E-state index is -0.947. The molecule has 6 atom stereocenters. The lowest BCUT2D eigenvalue weighted by Crippen LogP contribution is -2.49. The molecule has 1 N–H and O–H groups in total. The summed E-state index contributed by atoms with van der Waals surface area (Å²) < 4.78 is 12.1. The molecule has 0 bridgehead atoms. The first-order valence-electron chi connectivity index (χ1n) is 20.7. The number of ether oxygens (including phenoxy) is 2. The summed E-state index contributed by atoms with van der Waals surface area (Å²) >= 11 is 0. The number of fused-ring (bicyclic) bond motifs is 1. The summed E-state index contributed by atoms with van der Waals surface area (Å²) in [5.74, 6) is -4.83. The fourth-order valence-electron chi connectivity index (χ4n) is 9.08. The van der Waals surface area contributed by atoms with Gasteiger partial charge in [0.15, 0.2) is 11.6 Å². The van der Waals surface area contributed by atoms with E-state index in [-0.39, 0.29) is 73.7 Å². The first-order chi connectivity index (χ1) is 26.3. The van der Waals surface area contributed by atoms with Gasteiger partial charge in [-0.05, 0) is 77.7 Å². The lowest BCUT2D eigenvalue weighted by atomic mass is 9.77. The van der Waals surface area contributed by atoms with Crippen molar-refractivity contribution in [1.29, 1.82) is 0 Å². The molecule has 2 aliphatic heterocycles. The number of Topliss-reactive ketones (excluding diaryl/α,β-unsaturated/α-hetero) is 3. The van der Waals surface area contributed by atoms with Crippen LogP contribution in [0.15, 0.2) is 30.3 Å². The SMILES string of the molecule is CN(C)C(=O)[C@@H](NC(=O)CCC(=O)C(=O)[C@@H](CC(=O)[C@@H]1[C@H]2CC(C)(C)O[C@H]2CN1C(=O)[C@@H](CC(=O)OC(C)(C)C)C1CCCCC1)CC1CC1)c1ccccc1. The number of carbonyl (C=O) groups excluding carboxylic acids is 7. The Balaban J connectivity index is 1.31. The van der Waals surface area contributed by atoms with Crippen LogP contribution in [0.1, 0.15) is 130 Å². The van der Waals surface area contributed by atoms with E-state index in [1.54, 1.807) is 70.1 Å². The van der Waals surface area contributed by atoms with E-state index in [9.17, 15) is 33.6 Å². The van der Waals surface area contributed by atoms with Crippen LogP contribution in [0.25, 0.3) is 0 Å². The number of likely N-dealkylation sites (N-methyl/N-ethyl adjacent to an activating group) is 1. The normalized spacial score (nSPS) is 23.7. The lowest BCUT2D eigenvalue weighted by Gasteiger charge is -2.36. The molecule has 0 radical (unpaired) electrons. The van der Waals surface area contributed by atoms with Gasteiger partial charge in [-0.2, -0.15) is 0 Å². The molecule has 0 unspecified atom stereocenters. The van der Waals surface area contributed by atoms with E-state index in [1.165, 1.54) is 4.90 Å². The Labute approximate surface area is 332 Å². The molecule has 4 fully saturated rings. The van der Waals surface area contributed by atoms with E-state index in [4.69, 9.17) is 9.47 Å². The van der Waals surface area contributed by atoms with Crippen LogP contribution in [0.2, 0.25) is 0 Å². The van der Waals surface area contributed by atoms with Gasteiger partial charge in [0.1, 0.15) is 11.6 Å². The van der Waals surface area contributed by atoms with Gasteiger partial charge in [-0.1, -0.05) is 62.4 Å². The van der Waals surface area contributed by atoms with E-state index in [0.29, 0.717) is 18.4 Å². The molecular formula is C44H63N3O9. The van der Waals surface area contributed by atoms with Gasteiger partial charge in [0.2, 0.25) is 23.5 Å². The van der Waals surface area contributed by atoms with E-state index in [2.05, 4.69) is 5.32 Å². The average molecular weight is 778 g/mol. The number of hydrogen-bond acceptors (Lipinski definition) is 9. The Bertz CT molecular complexity index is 1620. The summed E-state index contributed by atoms with van der Waals surface area (Å²) in [6, 6.07) is 7.01. The van der Waals surface area contributed by atoms with Crippen molar-refractivity contribution < 1.29 is 43.0 Å². The van der Waals surface area contributed by atoms with Gasteiger partial charge in [0.25, 0.3) is 0 Å². The Hall–Kier alpha value is -3.93. The minimum absolute atomic E-state index is 0.0136. The molecule has 56 heavy (non-hydrogen) atoms. The lowest BCUT2D eigenvalue weighted by molar-refractivity contribution is -0.160. The van der Waals surface area contributed by atoms with Crippen molar-refractivity contribution in [2.24, 2.45) is 29.6 Å². The van der Waals surface area contributed by atoms with Crippen molar-refractivity contribution in [2.75, 3.05) is 20.6 Å². The highest BCUT2D eigenvalue weighted by atomic mass is 16.6. The molecule has 12 nitrogen and oxygen atoms in total. The second-order valence-electron chi connectivity index (χ2n) is 18.5. The van der Waals surface area contributed by atoms with Crippen molar-refractivity contribution in [1.82, 2.24) is 15.1 Å². The van der Waals surface area contributed by atoms with Gasteiger partial charge in [-0.3, -0.25) is 33.6 Å². The van der Waals surface area contributed by atoms with Crippen molar-refractivity contribution in [3.8, 4) is 0 Å². The van der Waals surface area contributed by atoms with Crippen LogP contribution in [0, 0.1) is 29.6 Å². The van der Waals surface area contributed by atoms with Gasteiger partial charge in [0, 0.05) is 51.7 Å². The number of likely N-dealkylation sites (tertiary alicyclic amines) is 1. The fraction of sp³-hybridized carbons (Fsp3) is 0.705. The smallest absolute Gasteiger partial charge is 0.307 e. The zero-order valence-electron chi connectivity index (χ0n) is 34.5. The highest BCUT2D eigenvalue weighted by Crippen LogP contribution is 2.46. The first kappa shape index (κ1) is 43.2. The second-order valence-corrected chi connectivity index (χ2v) is 18.5. The molecule has 2 saturated heterocycles. The third-order valence-corrected chi connectivity index (χ3v) is 11.9. The number of esters is 1. The third-order valence-electron chi connectivity index (χ3n) is 11.9. The summed E-state index contributed by atoms with van der Waals surface area (Å²) in [6.45, 7) is 9.56. The van der Waals surface area contributed by atoms with E-state index >= 15 is 0 Å². The molecule has 2 saturated carbocycles. The maximum Gasteiger partial charge on any atom is 0.307 e. The van der Waals surface area contributed by atoms with Gasteiger partial charge in [0.05, 0.1) is 30.1 Å². The molecule has 2 aliphatic carbocycles. The van der Waals surface area contributed by atoms with Gasteiger partial charge in [-0.25, -0.2) is 0 Å². The second kappa shape index (κ2) is 18.1. The van der Waals surface area contributed by atoms with Crippen LogP contribution in [0.3, 0.4) is 0 Å². The Morgan fingerprint density at radius 3 is 2.20 bits per heavy atom. The van der Waals surface area contributed by atoms with E-state index in [1.807, 2.05) is 13.8 Å². The maximum atomic E-state index is 14.7. The summed E-state index contributed by atoms with van der Waals surface area (Å²) in [4.78, 5) is 98.8. The number of nitrogens with one attached hydrogen (secondary N) is 1. The predicted octanol–water partition coefficient (Wildman–Crippen LogP) is 5.55. The molecule has 308 valence electrons. The molecule has 3 amide bonds. The van der Waals surface area contributed by atoms with Gasteiger partial charge < -0.3 is 24.6 Å². The van der Waals surface area contributed by atoms with Gasteiger partial charge >= 0.3 is 5.97 Å². The van der Waals surface area contributed by atoms with Crippen LogP contribution < -0.4 is 5.32 Å². The Morgan fingerprint density at radius 2 is 1.59 bits per heavy atom. The van der Waals surface area contributed by atoms with E-state index in [0.717, 1.165) is 44.9 Å². The molecule has 1 aromatic carbocycles. The number of ketones is 3. The molecular weight excluding hydrogens is 714 g/mol. The largest absolute Gasteiger partial charge is 0.460 e. The third kappa shape index (κ3) is 11.3. The quantitative estimate of drug-likeness (QED) is 0.158. The molecule has 4 aliphatic rings. The fourth-order valence-corrected chi connectivity index (χ4v) is 9.08. The summed E-state index contributed by atoms with van der Waals surface area (Å²) in [5, 5.41) is 2.72. The maximum absolute atomic E-state index is 14.7. The van der Waals surface area contributed by atoms with Crippen LogP contribution in [0.4, 0.5) is 0 Å². The number of amides is 3.